The second kappa shape index (κ2) is 5.69. The van der Waals surface area contributed by atoms with Crippen LogP contribution in [0.4, 0.5) is 0 Å². The first kappa shape index (κ1) is 14.9. The van der Waals surface area contributed by atoms with Crippen molar-refractivity contribution >= 4 is 21.7 Å². The van der Waals surface area contributed by atoms with E-state index in [9.17, 15) is 18.0 Å². The molecule has 6 nitrogen and oxygen atoms in total. The van der Waals surface area contributed by atoms with Crippen molar-refractivity contribution in [2.24, 2.45) is 0 Å². The van der Waals surface area contributed by atoms with E-state index in [-0.39, 0.29) is 11.8 Å². The molecule has 18 heavy (non-hydrogen) atoms. The zero-order valence-electron chi connectivity index (χ0n) is 10.6. The van der Waals surface area contributed by atoms with Crippen LogP contribution in [0.25, 0.3) is 0 Å². The summed E-state index contributed by atoms with van der Waals surface area (Å²) in [5.41, 5.74) is 0. The van der Waals surface area contributed by atoms with Crippen LogP contribution >= 0.6 is 0 Å². The number of nitrogens with zero attached hydrogens (tertiary/aromatic N) is 1. The SMILES string of the molecule is CC(C)N(CC(=O)O)C(=O)C1CCCCS1(=O)=O. The normalized spacial score (nSPS) is 22.7. The van der Waals surface area contributed by atoms with E-state index in [0.29, 0.717) is 19.3 Å². The van der Waals surface area contributed by atoms with Crippen molar-refractivity contribution in [3.05, 3.63) is 0 Å². The molecule has 1 saturated heterocycles. The number of sulfone groups is 1. The van der Waals surface area contributed by atoms with Gasteiger partial charge in [0, 0.05) is 6.04 Å². The number of carboxylic acids is 1. The van der Waals surface area contributed by atoms with Gasteiger partial charge in [-0.1, -0.05) is 6.42 Å². The molecule has 104 valence electrons. The first-order valence-electron chi connectivity index (χ1n) is 5.99. The minimum atomic E-state index is -3.42. The van der Waals surface area contributed by atoms with E-state index in [4.69, 9.17) is 5.11 Å². The lowest BCUT2D eigenvalue weighted by atomic mass is 10.1. The number of hydrogen-bond acceptors (Lipinski definition) is 4. The van der Waals surface area contributed by atoms with Crippen molar-refractivity contribution in [3.63, 3.8) is 0 Å². The molecule has 0 aromatic heterocycles. The zero-order valence-corrected chi connectivity index (χ0v) is 11.4. The lowest BCUT2D eigenvalue weighted by Crippen LogP contribution is -2.49. The van der Waals surface area contributed by atoms with Crippen LogP contribution in [-0.4, -0.2) is 53.9 Å². The number of carbonyl (C=O) groups excluding carboxylic acids is 1. The molecule has 0 aromatic carbocycles. The fraction of sp³-hybridized carbons (Fsp3) is 0.818. The van der Waals surface area contributed by atoms with Crippen molar-refractivity contribution in [3.8, 4) is 0 Å². The van der Waals surface area contributed by atoms with Crippen LogP contribution in [0, 0.1) is 0 Å². The van der Waals surface area contributed by atoms with Crippen LogP contribution < -0.4 is 0 Å². The predicted molar refractivity (Wildman–Crippen MR) is 65.9 cm³/mol. The maximum atomic E-state index is 12.2. The highest BCUT2D eigenvalue weighted by Crippen LogP contribution is 2.22. The molecule has 1 aliphatic heterocycles. The monoisotopic (exact) mass is 277 g/mol. The van der Waals surface area contributed by atoms with Crippen LogP contribution in [0.15, 0.2) is 0 Å². The molecule has 1 rings (SSSR count). The number of aliphatic carboxylic acids is 1. The van der Waals surface area contributed by atoms with E-state index in [2.05, 4.69) is 0 Å². The third-order valence-electron chi connectivity index (χ3n) is 3.07. The van der Waals surface area contributed by atoms with Gasteiger partial charge in [0.2, 0.25) is 5.91 Å². The number of hydrogen-bond donors (Lipinski definition) is 1. The van der Waals surface area contributed by atoms with Gasteiger partial charge in [0.25, 0.3) is 0 Å². The Kier molecular flexibility index (Phi) is 4.72. The summed E-state index contributed by atoms with van der Waals surface area (Å²) in [6.45, 7) is 2.90. The third kappa shape index (κ3) is 3.44. The van der Waals surface area contributed by atoms with Crippen molar-refractivity contribution in [2.45, 2.75) is 44.4 Å². The van der Waals surface area contributed by atoms with E-state index >= 15 is 0 Å². The molecule has 0 aromatic rings. The highest BCUT2D eigenvalue weighted by molar-refractivity contribution is 7.92. The molecule has 1 unspecified atom stereocenters. The molecule has 0 bridgehead atoms. The molecule has 1 amide bonds. The van der Waals surface area contributed by atoms with Gasteiger partial charge >= 0.3 is 5.97 Å². The van der Waals surface area contributed by atoms with Crippen molar-refractivity contribution in [2.75, 3.05) is 12.3 Å². The minimum absolute atomic E-state index is 0.0163. The maximum absolute atomic E-state index is 12.2. The quantitative estimate of drug-likeness (QED) is 0.796. The summed E-state index contributed by atoms with van der Waals surface area (Å²) in [6.07, 6.45) is 1.56. The zero-order chi connectivity index (χ0) is 13.9. The van der Waals surface area contributed by atoms with Gasteiger partial charge in [-0.25, -0.2) is 8.42 Å². The van der Waals surface area contributed by atoms with Gasteiger partial charge in [-0.15, -0.1) is 0 Å². The summed E-state index contributed by atoms with van der Waals surface area (Å²) in [4.78, 5) is 24.0. The van der Waals surface area contributed by atoms with Gasteiger partial charge in [-0.3, -0.25) is 9.59 Å². The molecular weight excluding hydrogens is 258 g/mol. The summed E-state index contributed by atoms with van der Waals surface area (Å²) in [7, 11) is -3.42. The van der Waals surface area contributed by atoms with Crippen LogP contribution in [0.1, 0.15) is 33.1 Å². The van der Waals surface area contributed by atoms with E-state index in [1.165, 1.54) is 0 Å². The Morgan fingerprint density at radius 3 is 2.39 bits per heavy atom. The first-order valence-corrected chi connectivity index (χ1v) is 7.71. The van der Waals surface area contributed by atoms with Crippen LogP contribution in [0.3, 0.4) is 0 Å². The van der Waals surface area contributed by atoms with Gasteiger partial charge in [-0.05, 0) is 26.7 Å². The van der Waals surface area contributed by atoms with Gasteiger partial charge < -0.3 is 10.0 Å². The Bertz CT molecular complexity index is 429. The Balaban J connectivity index is 2.91. The van der Waals surface area contributed by atoms with E-state index < -0.39 is 33.5 Å². The summed E-state index contributed by atoms with van der Waals surface area (Å²) >= 11 is 0. The van der Waals surface area contributed by atoms with Gasteiger partial charge in [0.15, 0.2) is 9.84 Å². The third-order valence-corrected chi connectivity index (χ3v) is 5.23. The molecule has 1 fully saturated rings. The molecule has 1 aliphatic rings. The topological polar surface area (TPSA) is 91.8 Å². The maximum Gasteiger partial charge on any atom is 0.323 e. The standard InChI is InChI=1S/C11H19NO5S/c1-8(2)12(7-10(13)14)11(15)9-5-3-4-6-18(9,16)17/h8-9H,3-7H2,1-2H3,(H,13,14). The summed E-state index contributed by atoms with van der Waals surface area (Å²) in [6, 6.07) is -0.328. The molecule has 0 radical (unpaired) electrons. The Morgan fingerprint density at radius 1 is 1.33 bits per heavy atom. The predicted octanol–water partition coefficient (Wildman–Crippen LogP) is 0.275. The van der Waals surface area contributed by atoms with E-state index in [1.54, 1.807) is 13.8 Å². The van der Waals surface area contributed by atoms with Crippen molar-refractivity contribution in [1.29, 1.82) is 0 Å². The fourth-order valence-electron chi connectivity index (χ4n) is 2.08. The Hall–Kier alpha value is -1.11. The first-order chi connectivity index (χ1) is 8.25. The Labute approximate surface area is 107 Å². The highest BCUT2D eigenvalue weighted by Gasteiger charge is 2.38. The Morgan fingerprint density at radius 2 is 1.94 bits per heavy atom. The summed E-state index contributed by atoms with van der Waals surface area (Å²) in [5, 5.41) is 7.70. The van der Waals surface area contributed by atoms with Gasteiger partial charge in [-0.2, -0.15) is 0 Å². The number of amides is 1. The van der Waals surface area contributed by atoms with Crippen molar-refractivity contribution in [1.82, 2.24) is 4.90 Å². The van der Waals surface area contributed by atoms with Crippen LogP contribution in [0.5, 0.6) is 0 Å². The number of carboxylic acid groups (broad SMARTS) is 1. The second-order valence-electron chi connectivity index (χ2n) is 4.81. The molecular formula is C11H19NO5S. The molecule has 1 N–H and O–H groups in total. The number of carbonyl (C=O) groups is 2. The molecule has 0 spiro atoms. The second-order valence-corrected chi connectivity index (χ2v) is 7.11. The largest absolute Gasteiger partial charge is 0.480 e. The smallest absolute Gasteiger partial charge is 0.323 e. The molecule has 1 atom stereocenters. The molecule has 0 saturated carbocycles. The minimum Gasteiger partial charge on any atom is -0.480 e. The summed E-state index contributed by atoms with van der Waals surface area (Å²) < 4.78 is 23.7. The van der Waals surface area contributed by atoms with E-state index in [1.807, 2.05) is 0 Å². The fourth-order valence-corrected chi connectivity index (χ4v) is 3.94. The highest BCUT2D eigenvalue weighted by atomic mass is 32.2. The lowest BCUT2D eigenvalue weighted by Gasteiger charge is -2.30. The van der Waals surface area contributed by atoms with E-state index in [0.717, 1.165) is 4.90 Å². The van der Waals surface area contributed by atoms with Crippen LogP contribution in [-0.2, 0) is 19.4 Å². The number of rotatable bonds is 4. The average molecular weight is 277 g/mol. The average Bonchev–Trinajstić information content (AvgIpc) is 2.23. The molecule has 7 heteroatoms. The molecule has 0 aliphatic carbocycles. The lowest BCUT2D eigenvalue weighted by molar-refractivity contribution is -0.145. The van der Waals surface area contributed by atoms with Crippen LogP contribution in [0.2, 0.25) is 0 Å². The van der Waals surface area contributed by atoms with Crippen molar-refractivity contribution < 1.29 is 23.1 Å². The molecule has 1 heterocycles. The summed E-state index contributed by atoms with van der Waals surface area (Å²) in [5.74, 6) is -1.69. The van der Waals surface area contributed by atoms with Gasteiger partial charge in [0.1, 0.15) is 11.8 Å². The van der Waals surface area contributed by atoms with Gasteiger partial charge in [0.05, 0.1) is 5.75 Å².